The molecule has 0 aliphatic rings. The first-order chi connectivity index (χ1) is 16.6. The number of thioether (sulfide) groups is 2. The Morgan fingerprint density at radius 2 is 1.40 bits per heavy atom. The van der Waals surface area contributed by atoms with Gasteiger partial charge in [0.1, 0.15) is 0 Å². The topological polar surface area (TPSA) is 74.6 Å². The van der Waals surface area contributed by atoms with Crippen LogP contribution in [0.3, 0.4) is 0 Å². The van der Waals surface area contributed by atoms with E-state index in [1.165, 1.54) is 23.5 Å². The fourth-order valence-corrected chi connectivity index (χ4v) is 3.20. The number of benzene rings is 2. The number of nitrogens with zero attached hydrogens (tertiary/aromatic N) is 4. The van der Waals surface area contributed by atoms with Gasteiger partial charge in [0, 0.05) is 23.2 Å². The molecule has 0 bridgehead atoms. The van der Waals surface area contributed by atoms with Crippen molar-refractivity contribution in [1.82, 2.24) is 20.8 Å². The SMILES string of the molecule is CSC(=S)NN=Cc1cc2ccccc2cn1.CSC(=S)NN=Cc1nccc2ccccc12.[Ni+2]. The number of hydrazone groups is 2. The van der Waals surface area contributed by atoms with Gasteiger partial charge in [0.15, 0.2) is 8.64 Å². The first-order valence-corrected chi connectivity index (χ1v) is 13.3. The van der Waals surface area contributed by atoms with Crippen molar-refractivity contribution in [2.45, 2.75) is 0 Å². The average molecular weight is 581 g/mol. The minimum absolute atomic E-state index is 0. The molecule has 0 spiro atoms. The molecule has 0 amide bonds. The summed E-state index contributed by atoms with van der Waals surface area (Å²) < 4.78 is 1.28. The molecule has 4 rings (SSSR count). The Labute approximate surface area is 233 Å². The number of aromatic nitrogens is 2. The van der Waals surface area contributed by atoms with Gasteiger partial charge < -0.3 is 0 Å². The normalized spacial score (nSPS) is 10.6. The Hall–Kier alpha value is -2.43. The molecule has 11 heteroatoms. The zero-order valence-corrected chi connectivity index (χ0v) is 23.1. The quantitative estimate of drug-likeness (QED) is 0.140. The summed E-state index contributed by atoms with van der Waals surface area (Å²) in [7, 11) is 0. The van der Waals surface area contributed by atoms with E-state index in [1.807, 2.05) is 79.4 Å². The van der Waals surface area contributed by atoms with Gasteiger partial charge in [0.2, 0.25) is 0 Å². The molecule has 0 aliphatic carbocycles. The predicted octanol–water partition coefficient (Wildman–Crippen LogP) is 5.61. The second-order valence-corrected chi connectivity index (χ2v) is 9.56. The van der Waals surface area contributed by atoms with Gasteiger partial charge in [-0.25, -0.2) is 0 Å². The molecule has 0 saturated heterocycles. The maximum Gasteiger partial charge on any atom is 2.00 e. The number of pyridine rings is 2. The van der Waals surface area contributed by atoms with E-state index in [2.05, 4.69) is 31.0 Å². The van der Waals surface area contributed by atoms with E-state index in [0.717, 1.165) is 32.9 Å². The van der Waals surface area contributed by atoms with Gasteiger partial charge in [0.25, 0.3) is 0 Å². The van der Waals surface area contributed by atoms with E-state index in [-0.39, 0.29) is 16.5 Å². The van der Waals surface area contributed by atoms with Crippen LogP contribution in [0.1, 0.15) is 11.4 Å². The van der Waals surface area contributed by atoms with Crippen LogP contribution in [0, 0.1) is 0 Å². The molecule has 2 aromatic heterocycles. The van der Waals surface area contributed by atoms with Gasteiger partial charge in [-0.15, -0.1) is 0 Å². The molecule has 4 aromatic rings. The summed E-state index contributed by atoms with van der Waals surface area (Å²) in [6, 6.07) is 20.1. The Morgan fingerprint density at radius 3 is 2.09 bits per heavy atom. The van der Waals surface area contributed by atoms with Crippen molar-refractivity contribution in [3.8, 4) is 0 Å². The van der Waals surface area contributed by atoms with E-state index in [9.17, 15) is 0 Å². The fourth-order valence-electron chi connectivity index (χ4n) is 2.81. The van der Waals surface area contributed by atoms with Gasteiger partial charge in [-0.3, -0.25) is 20.8 Å². The van der Waals surface area contributed by atoms with Crippen LogP contribution in [-0.2, 0) is 16.5 Å². The van der Waals surface area contributed by atoms with Crippen molar-refractivity contribution in [2.24, 2.45) is 10.2 Å². The van der Waals surface area contributed by atoms with Crippen molar-refractivity contribution >= 4 is 90.6 Å². The number of nitrogens with one attached hydrogen (secondary N) is 2. The van der Waals surface area contributed by atoms with Crippen molar-refractivity contribution in [1.29, 1.82) is 0 Å². The standard InChI is InChI=1S/2C12H11N3S2.Ni/c1-17-12(16)15-14-8-11-6-9-4-2-3-5-10(9)7-13-11;1-17-12(16)15-14-8-11-10-5-3-2-4-9(10)6-7-13-11;/h2*2-8H,1H3,(H,15,16);/q;;+2. The van der Waals surface area contributed by atoms with E-state index in [1.54, 1.807) is 18.6 Å². The third-order valence-electron chi connectivity index (χ3n) is 4.42. The van der Waals surface area contributed by atoms with Crippen molar-refractivity contribution in [3.63, 3.8) is 0 Å². The summed E-state index contributed by atoms with van der Waals surface area (Å²) in [5, 5.41) is 12.6. The zero-order chi connectivity index (χ0) is 24.2. The van der Waals surface area contributed by atoms with Gasteiger partial charge in [-0.05, 0) is 35.4 Å². The summed E-state index contributed by atoms with van der Waals surface area (Å²) in [6.45, 7) is 0. The molecule has 6 nitrogen and oxygen atoms in total. The van der Waals surface area contributed by atoms with Crippen molar-refractivity contribution < 1.29 is 16.5 Å². The summed E-state index contributed by atoms with van der Waals surface area (Å²) in [6.07, 6.45) is 10.8. The molecule has 180 valence electrons. The van der Waals surface area contributed by atoms with Crippen LogP contribution >= 0.6 is 48.0 Å². The third-order valence-corrected chi connectivity index (χ3v) is 6.53. The average Bonchev–Trinajstić information content (AvgIpc) is 2.89. The predicted molar refractivity (Wildman–Crippen MR) is 157 cm³/mol. The molecule has 2 aromatic carbocycles. The zero-order valence-electron chi connectivity index (χ0n) is 18.8. The largest absolute Gasteiger partial charge is 2.00 e. The van der Waals surface area contributed by atoms with Crippen molar-refractivity contribution in [2.75, 3.05) is 12.5 Å². The number of fused-ring (bicyclic) bond motifs is 2. The maximum atomic E-state index is 4.98. The van der Waals surface area contributed by atoms with E-state index in [0.29, 0.717) is 8.64 Å². The molecule has 0 aliphatic heterocycles. The monoisotopic (exact) mass is 580 g/mol. The van der Waals surface area contributed by atoms with Crippen LogP contribution in [0.2, 0.25) is 0 Å². The van der Waals surface area contributed by atoms with Crippen molar-refractivity contribution in [3.05, 3.63) is 84.4 Å². The second-order valence-electron chi connectivity index (χ2n) is 6.60. The number of rotatable bonds is 4. The molecular formula is C24H22N6NiS4+2. The Balaban J connectivity index is 0.000000240. The number of thiocarbonyl (C=S) groups is 2. The van der Waals surface area contributed by atoms with Gasteiger partial charge in [0.05, 0.1) is 23.8 Å². The van der Waals surface area contributed by atoms with Crippen LogP contribution < -0.4 is 10.9 Å². The Kier molecular flexibility index (Phi) is 12.8. The molecule has 2 heterocycles. The molecule has 2 N–H and O–H groups in total. The van der Waals surface area contributed by atoms with Gasteiger partial charge in [-0.1, -0.05) is 96.5 Å². The fraction of sp³-hybridized carbons (Fsp3) is 0.0833. The van der Waals surface area contributed by atoms with Crippen LogP contribution in [0.5, 0.6) is 0 Å². The molecule has 0 unspecified atom stereocenters. The summed E-state index contributed by atoms with van der Waals surface area (Å²) in [5.41, 5.74) is 7.16. The van der Waals surface area contributed by atoms with Gasteiger partial charge in [-0.2, -0.15) is 10.2 Å². The van der Waals surface area contributed by atoms with Crippen LogP contribution in [0.25, 0.3) is 21.5 Å². The molecule has 0 radical (unpaired) electrons. The number of hydrogen-bond donors (Lipinski definition) is 2. The van der Waals surface area contributed by atoms with Gasteiger partial charge >= 0.3 is 16.5 Å². The third kappa shape index (κ3) is 9.27. The minimum Gasteiger partial charge on any atom is -0.262 e. The Bertz CT molecular complexity index is 1330. The molecule has 0 fully saturated rings. The smallest absolute Gasteiger partial charge is 0.262 e. The Morgan fingerprint density at radius 1 is 0.800 bits per heavy atom. The molecule has 0 saturated carbocycles. The molecular weight excluding hydrogens is 559 g/mol. The van der Waals surface area contributed by atoms with Crippen LogP contribution in [0.15, 0.2) is 83.3 Å². The number of hydrogen-bond acceptors (Lipinski definition) is 8. The second kappa shape index (κ2) is 15.5. The molecule has 35 heavy (non-hydrogen) atoms. The molecule has 0 atom stereocenters. The van der Waals surface area contributed by atoms with E-state index in [4.69, 9.17) is 24.4 Å². The minimum atomic E-state index is 0. The summed E-state index contributed by atoms with van der Waals surface area (Å²) in [5.74, 6) is 0. The first-order valence-electron chi connectivity index (χ1n) is 10.0. The van der Waals surface area contributed by atoms with Crippen LogP contribution in [0.4, 0.5) is 0 Å². The maximum absolute atomic E-state index is 4.98. The van der Waals surface area contributed by atoms with E-state index >= 15 is 0 Å². The first kappa shape index (κ1) is 28.8. The van der Waals surface area contributed by atoms with E-state index < -0.39 is 0 Å². The summed E-state index contributed by atoms with van der Waals surface area (Å²) >= 11 is 12.8. The van der Waals surface area contributed by atoms with Crippen LogP contribution in [-0.4, -0.2) is 43.5 Å². The summed E-state index contributed by atoms with van der Waals surface area (Å²) in [4.78, 5) is 8.58.